The van der Waals surface area contributed by atoms with Crippen molar-refractivity contribution in [2.75, 3.05) is 0 Å². The van der Waals surface area contributed by atoms with Crippen molar-refractivity contribution in [2.24, 2.45) is 0 Å². The second-order valence-corrected chi connectivity index (χ2v) is 4.80. The third kappa shape index (κ3) is 2.67. The number of aromatic amines is 1. The van der Waals surface area contributed by atoms with Crippen molar-refractivity contribution >= 4 is 0 Å². The minimum Gasteiger partial charge on any atom is -0.493 e. The van der Waals surface area contributed by atoms with Crippen molar-refractivity contribution in [2.45, 2.75) is 39.7 Å². The highest BCUT2D eigenvalue weighted by Gasteiger charge is 2.15. The van der Waals surface area contributed by atoms with Crippen molar-refractivity contribution in [3.05, 3.63) is 28.3 Å². The van der Waals surface area contributed by atoms with Crippen LogP contribution in [-0.2, 0) is 6.54 Å². The molecular weight excluding hydrogens is 244 g/mol. The molecule has 0 radical (unpaired) electrons. The van der Waals surface area contributed by atoms with E-state index in [2.05, 4.69) is 22.0 Å². The van der Waals surface area contributed by atoms with Gasteiger partial charge in [-0.2, -0.15) is 10.1 Å². The molecule has 102 valence electrons. The van der Waals surface area contributed by atoms with Crippen LogP contribution in [0.5, 0.6) is 5.88 Å². The number of hydrogen-bond donors (Lipinski definition) is 2. The van der Waals surface area contributed by atoms with E-state index in [0.717, 1.165) is 13.0 Å². The zero-order chi connectivity index (χ0) is 14.0. The predicted molar refractivity (Wildman–Crippen MR) is 72.1 cm³/mol. The highest BCUT2D eigenvalue weighted by Crippen LogP contribution is 2.22. The molecule has 0 saturated carbocycles. The Balaban J connectivity index is 2.43. The fourth-order valence-electron chi connectivity index (χ4n) is 1.96. The van der Waals surface area contributed by atoms with Gasteiger partial charge in [-0.15, -0.1) is 0 Å². The summed E-state index contributed by atoms with van der Waals surface area (Å²) in [6.45, 7) is 6.54. The first-order valence-corrected chi connectivity index (χ1v) is 6.39. The van der Waals surface area contributed by atoms with Gasteiger partial charge in [-0.3, -0.25) is 9.48 Å². The van der Waals surface area contributed by atoms with Gasteiger partial charge in [0, 0.05) is 12.7 Å². The number of rotatable bonds is 4. The molecule has 0 bridgehead atoms. The molecule has 0 spiro atoms. The number of aryl methyl sites for hydroxylation is 1. The number of hydrogen-bond acceptors (Lipinski definition) is 4. The predicted octanol–water partition coefficient (Wildman–Crippen LogP) is 1.87. The first kappa shape index (κ1) is 13.3. The maximum atomic E-state index is 11.9. The molecule has 0 fully saturated rings. The van der Waals surface area contributed by atoms with Crippen LogP contribution in [0.15, 0.2) is 17.2 Å². The van der Waals surface area contributed by atoms with E-state index < -0.39 is 0 Å². The lowest BCUT2D eigenvalue weighted by Crippen LogP contribution is -2.16. The Morgan fingerprint density at radius 3 is 2.79 bits per heavy atom. The quantitative estimate of drug-likeness (QED) is 0.881. The minimum absolute atomic E-state index is 0.0758. The fraction of sp³-hybridized carbons (Fsp3) is 0.462. The highest BCUT2D eigenvalue weighted by atomic mass is 16.3. The lowest BCUT2D eigenvalue weighted by atomic mass is 10.1. The Kier molecular flexibility index (Phi) is 3.69. The Bertz CT molecular complexity index is 628. The SMILES string of the molecule is CCCn1cc(-c2nc(O)c(C(C)C)c(=O)[nH]2)cn1. The topological polar surface area (TPSA) is 83.8 Å². The molecule has 2 aromatic rings. The Morgan fingerprint density at radius 2 is 2.21 bits per heavy atom. The average molecular weight is 262 g/mol. The summed E-state index contributed by atoms with van der Waals surface area (Å²) >= 11 is 0. The smallest absolute Gasteiger partial charge is 0.258 e. The minimum atomic E-state index is -0.305. The van der Waals surface area contributed by atoms with Crippen molar-refractivity contribution < 1.29 is 5.11 Å². The van der Waals surface area contributed by atoms with Crippen LogP contribution in [0.4, 0.5) is 0 Å². The van der Waals surface area contributed by atoms with Crippen molar-refractivity contribution in [1.82, 2.24) is 19.7 Å². The van der Waals surface area contributed by atoms with Gasteiger partial charge in [-0.25, -0.2) is 0 Å². The van der Waals surface area contributed by atoms with Crippen LogP contribution >= 0.6 is 0 Å². The maximum absolute atomic E-state index is 11.9. The first-order valence-electron chi connectivity index (χ1n) is 6.39. The lowest BCUT2D eigenvalue weighted by Gasteiger charge is -2.07. The average Bonchev–Trinajstić information content (AvgIpc) is 2.76. The zero-order valence-corrected chi connectivity index (χ0v) is 11.3. The molecule has 0 saturated heterocycles. The Labute approximate surface area is 111 Å². The Hall–Kier alpha value is -2.11. The van der Waals surface area contributed by atoms with E-state index in [1.165, 1.54) is 0 Å². The molecule has 6 nitrogen and oxygen atoms in total. The van der Waals surface area contributed by atoms with Gasteiger partial charge in [-0.05, 0) is 12.3 Å². The van der Waals surface area contributed by atoms with Gasteiger partial charge in [0.2, 0.25) is 5.88 Å². The summed E-state index contributed by atoms with van der Waals surface area (Å²) in [7, 11) is 0. The molecule has 0 aromatic carbocycles. The van der Waals surface area contributed by atoms with Crippen LogP contribution in [-0.4, -0.2) is 24.9 Å². The number of aromatic hydroxyl groups is 1. The van der Waals surface area contributed by atoms with Gasteiger partial charge in [0.1, 0.15) is 5.82 Å². The molecule has 0 aliphatic rings. The summed E-state index contributed by atoms with van der Waals surface area (Å²) in [5.41, 5.74) is 0.696. The second kappa shape index (κ2) is 5.26. The van der Waals surface area contributed by atoms with Crippen LogP contribution in [0, 0.1) is 0 Å². The van der Waals surface area contributed by atoms with Gasteiger partial charge < -0.3 is 10.1 Å². The molecule has 19 heavy (non-hydrogen) atoms. The van der Waals surface area contributed by atoms with Gasteiger partial charge in [-0.1, -0.05) is 20.8 Å². The van der Waals surface area contributed by atoms with Crippen LogP contribution < -0.4 is 5.56 Å². The number of H-pyrrole nitrogens is 1. The highest BCUT2D eigenvalue weighted by molar-refractivity contribution is 5.53. The Morgan fingerprint density at radius 1 is 1.47 bits per heavy atom. The second-order valence-electron chi connectivity index (χ2n) is 4.80. The normalized spacial score (nSPS) is 11.2. The monoisotopic (exact) mass is 262 g/mol. The summed E-state index contributed by atoms with van der Waals surface area (Å²) in [5.74, 6) is 0.0550. The van der Waals surface area contributed by atoms with E-state index in [9.17, 15) is 9.90 Å². The van der Waals surface area contributed by atoms with Gasteiger partial charge in [0.25, 0.3) is 5.56 Å². The molecule has 0 unspecified atom stereocenters. The molecule has 0 atom stereocenters. The fourth-order valence-corrected chi connectivity index (χ4v) is 1.96. The molecular formula is C13H18N4O2. The van der Waals surface area contributed by atoms with Crippen molar-refractivity contribution in [1.29, 1.82) is 0 Å². The molecule has 2 N–H and O–H groups in total. The number of aromatic nitrogens is 4. The molecule has 0 aliphatic carbocycles. The lowest BCUT2D eigenvalue weighted by molar-refractivity contribution is 0.440. The summed E-state index contributed by atoms with van der Waals surface area (Å²) in [4.78, 5) is 18.7. The van der Waals surface area contributed by atoms with Gasteiger partial charge in [0.15, 0.2) is 0 Å². The van der Waals surface area contributed by atoms with E-state index in [1.807, 2.05) is 13.8 Å². The molecule has 2 rings (SSSR count). The van der Waals surface area contributed by atoms with Gasteiger partial charge in [0.05, 0.1) is 17.3 Å². The number of nitrogens with zero attached hydrogens (tertiary/aromatic N) is 3. The third-order valence-corrected chi connectivity index (χ3v) is 2.87. The van der Waals surface area contributed by atoms with E-state index in [4.69, 9.17) is 0 Å². The third-order valence-electron chi connectivity index (χ3n) is 2.87. The number of nitrogens with one attached hydrogen (secondary N) is 1. The van der Waals surface area contributed by atoms with E-state index in [0.29, 0.717) is 17.0 Å². The summed E-state index contributed by atoms with van der Waals surface area (Å²) in [6.07, 6.45) is 4.40. The summed E-state index contributed by atoms with van der Waals surface area (Å²) in [5, 5.41) is 14.0. The van der Waals surface area contributed by atoms with E-state index in [-0.39, 0.29) is 17.4 Å². The van der Waals surface area contributed by atoms with Crippen LogP contribution in [0.1, 0.15) is 38.7 Å². The largest absolute Gasteiger partial charge is 0.493 e. The molecule has 0 amide bonds. The van der Waals surface area contributed by atoms with E-state index >= 15 is 0 Å². The van der Waals surface area contributed by atoms with Crippen molar-refractivity contribution in [3.8, 4) is 17.3 Å². The summed E-state index contributed by atoms with van der Waals surface area (Å²) < 4.78 is 1.78. The molecule has 2 heterocycles. The molecule has 2 aromatic heterocycles. The van der Waals surface area contributed by atoms with Crippen molar-refractivity contribution in [3.63, 3.8) is 0 Å². The zero-order valence-electron chi connectivity index (χ0n) is 11.3. The van der Waals surface area contributed by atoms with Crippen LogP contribution in [0.2, 0.25) is 0 Å². The first-order chi connectivity index (χ1) is 9.02. The summed E-state index contributed by atoms with van der Waals surface area (Å²) in [6, 6.07) is 0. The molecule has 6 heteroatoms. The van der Waals surface area contributed by atoms with Crippen LogP contribution in [0.25, 0.3) is 11.4 Å². The van der Waals surface area contributed by atoms with E-state index in [1.54, 1.807) is 17.1 Å². The van der Waals surface area contributed by atoms with Crippen LogP contribution in [0.3, 0.4) is 0 Å². The maximum Gasteiger partial charge on any atom is 0.258 e. The standard InChI is InChI=1S/C13H18N4O2/c1-4-5-17-7-9(6-14-17)11-15-12(18)10(8(2)3)13(19)16-11/h6-8H,4-5H2,1-3H3,(H2,15,16,18,19). The molecule has 0 aliphatic heterocycles. The van der Waals surface area contributed by atoms with Gasteiger partial charge >= 0.3 is 0 Å².